The third kappa shape index (κ3) is 4.40. The number of aryl methyl sites for hydroxylation is 1. The minimum Gasteiger partial charge on any atom is -0.352 e. The van der Waals surface area contributed by atoms with Crippen LogP contribution in [0.15, 0.2) is 71.6 Å². The third-order valence-electron chi connectivity index (χ3n) is 5.66. The van der Waals surface area contributed by atoms with E-state index >= 15 is 0 Å². The summed E-state index contributed by atoms with van der Waals surface area (Å²) in [4.78, 5) is 13.0. The van der Waals surface area contributed by atoms with Gasteiger partial charge in [0.05, 0.1) is 10.8 Å². The van der Waals surface area contributed by atoms with E-state index in [2.05, 4.69) is 5.32 Å². The zero-order chi connectivity index (χ0) is 21.1. The molecule has 30 heavy (non-hydrogen) atoms. The molecule has 0 aliphatic carbocycles. The van der Waals surface area contributed by atoms with Crippen molar-refractivity contribution in [2.45, 2.75) is 31.2 Å². The monoisotopic (exact) mass is 422 g/mol. The maximum atomic E-state index is 13.2. The van der Waals surface area contributed by atoms with Gasteiger partial charge in [-0.1, -0.05) is 60.2 Å². The Kier molecular flexibility index (Phi) is 5.88. The molecule has 1 fully saturated rings. The average molecular weight is 423 g/mol. The van der Waals surface area contributed by atoms with Gasteiger partial charge in [0, 0.05) is 19.6 Å². The van der Waals surface area contributed by atoms with Gasteiger partial charge in [-0.25, -0.2) is 8.42 Å². The number of carbonyl (C=O) groups excluding carboxylic acids is 1. The summed E-state index contributed by atoms with van der Waals surface area (Å²) in [6.07, 6.45) is 1.37. The van der Waals surface area contributed by atoms with Crippen molar-refractivity contribution in [2.75, 3.05) is 13.1 Å². The van der Waals surface area contributed by atoms with Gasteiger partial charge in [0.15, 0.2) is 0 Å². The lowest BCUT2D eigenvalue weighted by Gasteiger charge is -2.31. The number of amides is 1. The molecule has 1 aliphatic rings. The molecule has 3 aromatic rings. The van der Waals surface area contributed by atoms with Crippen molar-refractivity contribution in [3.05, 3.63) is 77.9 Å². The molecule has 0 unspecified atom stereocenters. The van der Waals surface area contributed by atoms with E-state index in [0.29, 0.717) is 25.9 Å². The minimum atomic E-state index is -3.64. The summed E-state index contributed by atoms with van der Waals surface area (Å²) in [5, 5.41) is 4.87. The molecule has 0 saturated carbocycles. The number of nitrogens with zero attached hydrogens (tertiary/aromatic N) is 1. The predicted molar refractivity (Wildman–Crippen MR) is 118 cm³/mol. The molecule has 156 valence electrons. The van der Waals surface area contributed by atoms with Crippen LogP contribution in [0.25, 0.3) is 10.8 Å². The van der Waals surface area contributed by atoms with Crippen molar-refractivity contribution in [2.24, 2.45) is 5.92 Å². The standard InChI is InChI=1S/C24H26N2O3S/c1-18-6-4-7-19(14-18)16-25-24(27)22-10-5-13-26(17-22)30(28,29)23-12-11-20-8-2-3-9-21(20)15-23/h2-4,6-9,11-12,14-15,22H,5,10,13,16-17H2,1H3,(H,25,27)/t22-/m1/s1. The lowest BCUT2D eigenvalue weighted by Crippen LogP contribution is -2.45. The van der Waals surface area contributed by atoms with Crippen molar-refractivity contribution in [3.8, 4) is 0 Å². The Morgan fingerprint density at radius 1 is 1.03 bits per heavy atom. The first-order valence-corrected chi connectivity index (χ1v) is 11.7. The van der Waals surface area contributed by atoms with Crippen molar-refractivity contribution in [1.29, 1.82) is 0 Å². The van der Waals surface area contributed by atoms with Gasteiger partial charge in [-0.2, -0.15) is 4.31 Å². The van der Waals surface area contributed by atoms with Gasteiger partial charge in [-0.05, 0) is 48.2 Å². The van der Waals surface area contributed by atoms with Gasteiger partial charge in [0.2, 0.25) is 15.9 Å². The Hall–Kier alpha value is -2.70. The van der Waals surface area contributed by atoms with E-state index in [1.165, 1.54) is 4.31 Å². The summed E-state index contributed by atoms with van der Waals surface area (Å²) in [6.45, 7) is 3.13. The highest BCUT2D eigenvalue weighted by Crippen LogP contribution is 2.26. The highest BCUT2D eigenvalue weighted by atomic mass is 32.2. The summed E-state index contributed by atoms with van der Waals surface area (Å²) in [5.41, 5.74) is 2.19. The number of nitrogens with one attached hydrogen (secondary N) is 1. The van der Waals surface area contributed by atoms with Crippen molar-refractivity contribution in [1.82, 2.24) is 9.62 Å². The maximum Gasteiger partial charge on any atom is 0.243 e. The summed E-state index contributed by atoms with van der Waals surface area (Å²) >= 11 is 0. The second kappa shape index (κ2) is 8.58. The Balaban J connectivity index is 1.46. The Labute approximate surface area is 177 Å². The molecule has 1 heterocycles. The summed E-state index contributed by atoms with van der Waals surface area (Å²) < 4.78 is 27.9. The van der Waals surface area contributed by atoms with E-state index in [1.807, 2.05) is 61.5 Å². The van der Waals surface area contributed by atoms with E-state index in [9.17, 15) is 13.2 Å². The SMILES string of the molecule is Cc1cccc(CNC(=O)[C@@H]2CCCN(S(=O)(=O)c3ccc4ccccc4c3)C2)c1. The second-order valence-corrected chi connectivity index (χ2v) is 9.86. The number of hydrogen-bond donors (Lipinski definition) is 1. The molecule has 0 radical (unpaired) electrons. The molecule has 1 atom stereocenters. The van der Waals surface area contributed by atoms with Crippen LogP contribution >= 0.6 is 0 Å². The number of hydrogen-bond acceptors (Lipinski definition) is 3. The van der Waals surface area contributed by atoms with E-state index in [0.717, 1.165) is 21.9 Å². The van der Waals surface area contributed by atoms with Gasteiger partial charge in [-0.3, -0.25) is 4.79 Å². The fourth-order valence-corrected chi connectivity index (χ4v) is 5.57. The molecule has 6 heteroatoms. The number of rotatable bonds is 5. The number of fused-ring (bicyclic) bond motifs is 1. The van der Waals surface area contributed by atoms with Crippen LogP contribution in [-0.4, -0.2) is 31.7 Å². The lowest BCUT2D eigenvalue weighted by molar-refractivity contribution is -0.126. The van der Waals surface area contributed by atoms with Crippen LogP contribution < -0.4 is 5.32 Å². The van der Waals surface area contributed by atoms with Gasteiger partial charge < -0.3 is 5.32 Å². The van der Waals surface area contributed by atoms with Crippen LogP contribution in [-0.2, 0) is 21.4 Å². The van der Waals surface area contributed by atoms with Gasteiger partial charge in [0.25, 0.3) is 0 Å². The Bertz CT molecular complexity index is 1170. The largest absolute Gasteiger partial charge is 0.352 e. The maximum absolute atomic E-state index is 13.2. The third-order valence-corrected chi connectivity index (χ3v) is 7.52. The van der Waals surface area contributed by atoms with Crippen LogP contribution in [0.2, 0.25) is 0 Å². The van der Waals surface area contributed by atoms with Gasteiger partial charge >= 0.3 is 0 Å². The van der Waals surface area contributed by atoms with Crippen molar-refractivity contribution < 1.29 is 13.2 Å². The lowest BCUT2D eigenvalue weighted by atomic mass is 9.98. The first kappa shape index (κ1) is 20.6. The topological polar surface area (TPSA) is 66.5 Å². The van der Waals surface area contributed by atoms with Crippen LogP contribution in [0.1, 0.15) is 24.0 Å². The minimum absolute atomic E-state index is 0.0880. The van der Waals surface area contributed by atoms with E-state index < -0.39 is 10.0 Å². The molecule has 1 aliphatic heterocycles. The normalized spacial score (nSPS) is 17.7. The van der Waals surface area contributed by atoms with E-state index in [-0.39, 0.29) is 23.3 Å². The average Bonchev–Trinajstić information content (AvgIpc) is 2.77. The number of piperidine rings is 1. The van der Waals surface area contributed by atoms with E-state index in [1.54, 1.807) is 12.1 Å². The molecule has 0 aromatic heterocycles. The molecule has 5 nitrogen and oxygen atoms in total. The first-order chi connectivity index (χ1) is 14.4. The van der Waals surface area contributed by atoms with Crippen LogP contribution in [0, 0.1) is 12.8 Å². The molecule has 0 spiro atoms. The number of benzene rings is 3. The Morgan fingerprint density at radius 2 is 1.83 bits per heavy atom. The second-order valence-electron chi connectivity index (χ2n) is 7.92. The molecule has 3 aromatic carbocycles. The summed E-state index contributed by atoms with van der Waals surface area (Å²) in [6, 6.07) is 20.9. The summed E-state index contributed by atoms with van der Waals surface area (Å²) in [7, 11) is -3.64. The number of sulfonamides is 1. The number of carbonyl (C=O) groups is 1. The van der Waals surface area contributed by atoms with Crippen molar-refractivity contribution in [3.63, 3.8) is 0 Å². The Morgan fingerprint density at radius 3 is 2.63 bits per heavy atom. The molecule has 1 saturated heterocycles. The molecule has 1 amide bonds. The zero-order valence-corrected chi connectivity index (χ0v) is 17.9. The van der Waals surface area contributed by atoms with Gasteiger partial charge in [0.1, 0.15) is 0 Å². The summed E-state index contributed by atoms with van der Waals surface area (Å²) in [5.74, 6) is -0.422. The van der Waals surface area contributed by atoms with E-state index in [4.69, 9.17) is 0 Å². The van der Waals surface area contributed by atoms with Crippen LogP contribution in [0.4, 0.5) is 0 Å². The highest BCUT2D eigenvalue weighted by molar-refractivity contribution is 7.89. The fraction of sp³-hybridized carbons (Fsp3) is 0.292. The molecule has 1 N–H and O–H groups in total. The molecular formula is C24H26N2O3S. The molecule has 0 bridgehead atoms. The van der Waals surface area contributed by atoms with Crippen molar-refractivity contribution >= 4 is 26.7 Å². The van der Waals surface area contributed by atoms with Crippen LogP contribution in [0.3, 0.4) is 0 Å². The zero-order valence-electron chi connectivity index (χ0n) is 17.0. The molecular weight excluding hydrogens is 396 g/mol. The quantitative estimate of drug-likeness (QED) is 0.679. The van der Waals surface area contributed by atoms with Gasteiger partial charge in [-0.15, -0.1) is 0 Å². The molecule has 4 rings (SSSR count). The fourth-order valence-electron chi connectivity index (χ4n) is 4.01. The first-order valence-electron chi connectivity index (χ1n) is 10.3. The smallest absolute Gasteiger partial charge is 0.243 e. The van der Waals surface area contributed by atoms with Crippen LogP contribution in [0.5, 0.6) is 0 Å². The predicted octanol–water partition coefficient (Wildman–Crippen LogP) is 3.87. The highest BCUT2D eigenvalue weighted by Gasteiger charge is 2.33.